The quantitative estimate of drug-likeness (QED) is 0.671. The molecule has 0 spiro atoms. The summed E-state index contributed by atoms with van der Waals surface area (Å²) in [5.41, 5.74) is 2.50. The minimum atomic E-state index is 0.547. The maximum absolute atomic E-state index is 5.32. The molecule has 1 aromatic carbocycles. The minimum absolute atomic E-state index is 0.547. The predicted octanol–water partition coefficient (Wildman–Crippen LogP) is 3.73. The maximum Gasteiger partial charge on any atom is 0.225 e. The second-order valence-corrected chi connectivity index (χ2v) is 5.46. The number of nitrogens with zero attached hydrogens (tertiary/aromatic N) is 3. The number of methoxy groups -OCH3 is 2. The molecule has 0 amide bonds. The predicted molar refractivity (Wildman–Crippen MR) is 102 cm³/mol. The van der Waals surface area contributed by atoms with Crippen LogP contribution in [0.5, 0.6) is 11.5 Å². The van der Waals surface area contributed by atoms with Crippen molar-refractivity contribution in [2.24, 2.45) is 0 Å². The van der Waals surface area contributed by atoms with Crippen LogP contribution >= 0.6 is 0 Å². The molecule has 3 rings (SSSR count). The summed E-state index contributed by atoms with van der Waals surface area (Å²) in [5.74, 6) is 2.59. The average molecular weight is 351 g/mol. The van der Waals surface area contributed by atoms with Gasteiger partial charge in [-0.15, -0.1) is 0 Å². The van der Waals surface area contributed by atoms with Gasteiger partial charge in [-0.3, -0.25) is 4.98 Å². The molecule has 26 heavy (non-hydrogen) atoms. The van der Waals surface area contributed by atoms with Crippen molar-refractivity contribution in [1.82, 2.24) is 15.0 Å². The lowest BCUT2D eigenvalue weighted by Gasteiger charge is -2.12. The number of rotatable bonds is 7. The summed E-state index contributed by atoms with van der Waals surface area (Å²) in [6.07, 6.45) is 3.51. The summed E-state index contributed by atoms with van der Waals surface area (Å²) in [4.78, 5) is 13.2. The number of ether oxygens (including phenoxy) is 2. The van der Waals surface area contributed by atoms with Crippen molar-refractivity contribution in [3.05, 3.63) is 48.8 Å². The Hall–Kier alpha value is -3.35. The van der Waals surface area contributed by atoms with Crippen LogP contribution in [0.15, 0.2) is 48.8 Å². The first-order valence-corrected chi connectivity index (χ1v) is 8.25. The van der Waals surface area contributed by atoms with E-state index in [1.165, 1.54) is 0 Å². The molecule has 0 saturated carbocycles. The highest BCUT2D eigenvalue weighted by molar-refractivity contribution is 5.68. The van der Waals surface area contributed by atoms with E-state index in [1.54, 1.807) is 26.6 Å². The Kier molecular flexibility index (Phi) is 5.48. The normalized spacial score (nSPS) is 10.3. The van der Waals surface area contributed by atoms with Gasteiger partial charge in [0.2, 0.25) is 5.95 Å². The highest BCUT2D eigenvalue weighted by atomic mass is 16.5. The van der Waals surface area contributed by atoms with Gasteiger partial charge in [0.05, 0.1) is 19.9 Å². The van der Waals surface area contributed by atoms with Crippen molar-refractivity contribution in [2.75, 3.05) is 31.4 Å². The lowest BCUT2D eigenvalue weighted by atomic mass is 10.2. The van der Waals surface area contributed by atoms with E-state index in [0.29, 0.717) is 23.3 Å². The van der Waals surface area contributed by atoms with Gasteiger partial charge in [-0.25, -0.2) is 4.98 Å². The van der Waals surface area contributed by atoms with Crippen molar-refractivity contribution in [3.8, 4) is 22.8 Å². The Morgan fingerprint density at radius 1 is 1.00 bits per heavy atom. The fraction of sp³-hybridized carbons (Fsp3) is 0.211. The van der Waals surface area contributed by atoms with Crippen LogP contribution in [0, 0.1) is 0 Å². The first-order valence-electron chi connectivity index (χ1n) is 8.25. The fourth-order valence-corrected chi connectivity index (χ4v) is 2.44. The van der Waals surface area contributed by atoms with Crippen LogP contribution in [0.1, 0.15) is 6.92 Å². The second kappa shape index (κ2) is 8.15. The van der Waals surface area contributed by atoms with E-state index in [-0.39, 0.29) is 0 Å². The Labute approximate surface area is 152 Å². The number of hydrogen-bond acceptors (Lipinski definition) is 7. The Morgan fingerprint density at radius 3 is 2.38 bits per heavy atom. The molecular formula is C19H21N5O2. The van der Waals surface area contributed by atoms with E-state index in [4.69, 9.17) is 9.47 Å². The molecule has 2 N–H and O–H groups in total. The first-order chi connectivity index (χ1) is 12.7. The number of nitrogens with one attached hydrogen (secondary N) is 2. The van der Waals surface area contributed by atoms with Gasteiger partial charge in [0.1, 0.15) is 17.3 Å². The van der Waals surface area contributed by atoms with Crippen LogP contribution in [-0.4, -0.2) is 35.7 Å². The molecule has 0 fully saturated rings. The molecule has 0 atom stereocenters. The van der Waals surface area contributed by atoms with E-state index in [9.17, 15) is 0 Å². The maximum atomic E-state index is 5.32. The van der Waals surface area contributed by atoms with Crippen LogP contribution in [-0.2, 0) is 0 Å². The van der Waals surface area contributed by atoms with Gasteiger partial charge in [0.25, 0.3) is 0 Å². The molecule has 0 aliphatic carbocycles. The highest BCUT2D eigenvalue weighted by Crippen LogP contribution is 2.29. The molecule has 0 unspecified atom stereocenters. The van der Waals surface area contributed by atoms with Crippen LogP contribution in [0.3, 0.4) is 0 Å². The molecule has 2 heterocycles. The Bertz CT molecular complexity index is 849. The third-order valence-corrected chi connectivity index (χ3v) is 3.64. The molecule has 3 aromatic rings. The summed E-state index contributed by atoms with van der Waals surface area (Å²) in [6, 6.07) is 11.3. The highest BCUT2D eigenvalue weighted by Gasteiger charge is 2.09. The zero-order chi connectivity index (χ0) is 18.4. The van der Waals surface area contributed by atoms with E-state index in [2.05, 4.69) is 25.6 Å². The van der Waals surface area contributed by atoms with Crippen LogP contribution in [0.2, 0.25) is 0 Å². The van der Waals surface area contributed by atoms with Gasteiger partial charge < -0.3 is 20.1 Å². The van der Waals surface area contributed by atoms with E-state index < -0.39 is 0 Å². The summed E-state index contributed by atoms with van der Waals surface area (Å²) in [5, 5.41) is 6.45. The lowest BCUT2D eigenvalue weighted by Crippen LogP contribution is -2.05. The molecule has 7 heteroatoms. The van der Waals surface area contributed by atoms with Gasteiger partial charge in [0.15, 0.2) is 0 Å². The minimum Gasteiger partial charge on any atom is -0.497 e. The summed E-state index contributed by atoms with van der Waals surface area (Å²) >= 11 is 0. The van der Waals surface area contributed by atoms with Gasteiger partial charge in [-0.1, -0.05) is 0 Å². The number of benzene rings is 1. The number of pyridine rings is 1. The Balaban J connectivity index is 1.98. The molecular weight excluding hydrogens is 330 g/mol. The van der Waals surface area contributed by atoms with Gasteiger partial charge >= 0.3 is 0 Å². The van der Waals surface area contributed by atoms with Crippen molar-refractivity contribution in [2.45, 2.75) is 6.92 Å². The third-order valence-electron chi connectivity index (χ3n) is 3.64. The molecule has 0 aliphatic rings. The zero-order valence-electron chi connectivity index (χ0n) is 15.0. The summed E-state index contributed by atoms with van der Waals surface area (Å²) in [7, 11) is 3.24. The van der Waals surface area contributed by atoms with Crippen molar-refractivity contribution >= 4 is 17.5 Å². The Morgan fingerprint density at radius 2 is 1.77 bits per heavy atom. The molecule has 0 bridgehead atoms. The standard InChI is InChI=1S/C19H21N5O2/c1-4-21-19-23-17(13-6-5-7-20-12-13)11-18(24-19)22-14-8-15(25-2)10-16(9-14)26-3/h5-12H,4H2,1-3H3,(H2,21,22,23,24). The van der Waals surface area contributed by atoms with Gasteiger partial charge in [-0.05, 0) is 19.1 Å². The van der Waals surface area contributed by atoms with Gasteiger partial charge in [0, 0.05) is 54.5 Å². The fourth-order valence-electron chi connectivity index (χ4n) is 2.44. The number of anilines is 3. The second-order valence-electron chi connectivity index (χ2n) is 5.46. The van der Waals surface area contributed by atoms with Crippen molar-refractivity contribution < 1.29 is 9.47 Å². The SMILES string of the molecule is CCNc1nc(Nc2cc(OC)cc(OC)c2)cc(-c2cccnc2)n1. The monoisotopic (exact) mass is 351 g/mol. The number of hydrogen-bond donors (Lipinski definition) is 2. The van der Waals surface area contributed by atoms with Crippen LogP contribution in [0.4, 0.5) is 17.5 Å². The van der Waals surface area contributed by atoms with Crippen molar-refractivity contribution in [3.63, 3.8) is 0 Å². The molecule has 0 aliphatic heterocycles. The molecule has 2 aromatic heterocycles. The molecule has 7 nitrogen and oxygen atoms in total. The van der Waals surface area contributed by atoms with Crippen LogP contribution in [0.25, 0.3) is 11.3 Å². The van der Waals surface area contributed by atoms with Crippen molar-refractivity contribution in [1.29, 1.82) is 0 Å². The van der Waals surface area contributed by atoms with E-state index in [0.717, 1.165) is 23.5 Å². The first kappa shape index (κ1) is 17.5. The molecule has 134 valence electrons. The average Bonchev–Trinajstić information content (AvgIpc) is 2.68. The third kappa shape index (κ3) is 4.18. The zero-order valence-corrected chi connectivity index (χ0v) is 15.0. The van der Waals surface area contributed by atoms with Crippen LogP contribution < -0.4 is 20.1 Å². The largest absolute Gasteiger partial charge is 0.497 e. The molecule has 0 saturated heterocycles. The smallest absolute Gasteiger partial charge is 0.225 e. The number of aromatic nitrogens is 3. The summed E-state index contributed by atoms with van der Waals surface area (Å²) in [6.45, 7) is 2.73. The van der Waals surface area contributed by atoms with E-state index >= 15 is 0 Å². The van der Waals surface area contributed by atoms with Gasteiger partial charge in [-0.2, -0.15) is 4.98 Å². The van der Waals surface area contributed by atoms with E-state index in [1.807, 2.05) is 43.3 Å². The summed E-state index contributed by atoms with van der Waals surface area (Å²) < 4.78 is 10.6. The molecule has 0 radical (unpaired) electrons. The lowest BCUT2D eigenvalue weighted by molar-refractivity contribution is 0.395. The topological polar surface area (TPSA) is 81.2 Å².